The van der Waals surface area contributed by atoms with Crippen molar-refractivity contribution in [3.8, 4) is 5.69 Å². The van der Waals surface area contributed by atoms with Crippen LogP contribution in [0.15, 0.2) is 42.6 Å². The van der Waals surface area contributed by atoms with Gasteiger partial charge in [-0.05, 0) is 74.3 Å². The minimum atomic E-state index is -0.964. The Balaban J connectivity index is 1.17. The molecule has 0 amide bonds. The van der Waals surface area contributed by atoms with Crippen LogP contribution in [0, 0.1) is 6.57 Å². The molecule has 2 heterocycles. The number of aromatic nitrogens is 3. The third kappa shape index (κ3) is 4.42. The van der Waals surface area contributed by atoms with E-state index in [1.54, 1.807) is 6.07 Å². The molecule has 9 heteroatoms. The summed E-state index contributed by atoms with van der Waals surface area (Å²) in [5.41, 5.74) is 3.33. The van der Waals surface area contributed by atoms with E-state index in [0.29, 0.717) is 46.8 Å². The van der Waals surface area contributed by atoms with Crippen LogP contribution in [-0.4, -0.2) is 26.0 Å². The van der Waals surface area contributed by atoms with Crippen LogP contribution in [0.3, 0.4) is 0 Å². The predicted molar refractivity (Wildman–Crippen MR) is 142 cm³/mol. The predicted octanol–water partition coefficient (Wildman–Crippen LogP) is 7.56. The summed E-state index contributed by atoms with van der Waals surface area (Å²) >= 11 is 14.5. The van der Waals surface area contributed by atoms with Gasteiger partial charge in [0.25, 0.3) is 0 Å². The van der Waals surface area contributed by atoms with Crippen LogP contribution in [0.1, 0.15) is 60.7 Å². The summed E-state index contributed by atoms with van der Waals surface area (Å²) in [6, 6.07) is 10.9. The van der Waals surface area contributed by atoms with Crippen molar-refractivity contribution < 1.29 is 9.84 Å². The summed E-state index contributed by atoms with van der Waals surface area (Å²) < 4.78 is 9.16. The van der Waals surface area contributed by atoms with E-state index in [4.69, 9.17) is 34.5 Å². The lowest BCUT2D eigenvalue weighted by atomic mass is 9.83. The highest BCUT2D eigenvalue weighted by Crippen LogP contribution is 2.44. The van der Waals surface area contributed by atoms with Gasteiger partial charge in [0, 0.05) is 4.70 Å². The Kier molecular flexibility index (Phi) is 6.27. The van der Waals surface area contributed by atoms with E-state index >= 15 is 0 Å². The molecule has 184 valence electrons. The van der Waals surface area contributed by atoms with Gasteiger partial charge < -0.3 is 9.84 Å². The van der Waals surface area contributed by atoms with E-state index in [-0.39, 0.29) is 6.10 Å². The van der Waals surface area contributed by atoms with E-state index in [2.05, 4.69) is 14.9 Å². The molecule has 2 aromatic heterocycles. The maximum atomic E-state index is 11.4. The highest BCUT2D eigenvalue weighted by molar-refractivity contribution is 7.18. The van der Waals surface area contributed by atoms with Gasteiger partial charge in [0.1, 0.15) is 16.3 Å². The summed E-state index contributed by atoms with van der Waals surface area (Å²) in [6.45, 7) is 7.64. The molecule has 2 fully saturated rings. The number of hydrogen-bond donors (Lipinski definition) is 1. The Bertz CT molecular complexity index is 1460. The zero-order valence-electron chi connectivity index (χ0n) is 19.5. The number of nitrogens with zero attached hydrogens (tertiary/aromatic N) is 4. The summed E-state index contributed by atoms with van der Waals surface area (Å²) in [5, 5.41) is 17.9. The first-order chi connectivity index (χ1) is 17.4. The van der Waals surface area contributed by atoms with Crippen molar-refractivity contribution in [3.05, 3.63) is 80.3 Å². The number of halogens is 2. The molecule has 0 atom stereocenters. The molecular weight excluding hydrogens is 515 g/mol. The second-order valence-electron chi connectivity index (χ2n) is 9.63. The van der Waals surface area contributed by atoms with Gasteiger partial charge in [-0.3, -0.25) is 0 Å². The number of fused-ring (bicyclic) bond motifs is 1. The highest BCUT2D eigenvalue weighted by Gasteiger charge is 2.38. The van der Waals surface area contributed by atoms with Gasteiger partial charge in [0.15, 0.2) is 5.69 Å². The Morgan fingerprint density at radius 2 is 1.89 bits per heavy atom. The van der Waals surface area contributed by atoms with E-state index in [0.717, 1.165) is 46.6 Å². The van der Waals surface area contributed by atoms with Gasteiger partial charge >= 0.3 is 0 Å². The van der Waals surface area contributed by atoms with Crippen LogP contribution >= 0.6 is 34.5 Å². The average molecular weight is 539 g/mol. The highest BCUT2D eigenvalue weighted by atomic mass is 35.5. The minimum absolute atomic E-state index is 0.0329. The molecule has 6 nitrogen and oxygen atoms in total. The van der Waals surface area contributed by atoms with Gasteiger partial charge in [0.05, 0.1) is 46.7 Å². The monoisotopic (exact) mass is 538 g/mol. The van der Waals surface area contributed by atoms with Crippen molar-refractivity contribution in [3.63, 3.8) is 0 Å². The standard InChI is InChI=1S/C27H24Cl2N4O2S/c1-30-17-7-8-22-24(13-17)36-26(32-22)27(34)11-9-18(10-12-27)35-15-23-19(16-5-6-16)14-31-33(23)25-20(28)3-2-4-21(25)29/h2-4,7-8,13-14,16,18,34H,5-6,9-12,15H2. The fourth-order valence-corrected chi connectivity index (χ4v) is 6.68. The molecule has 36 heavy (non-hydrogen) atoms. The molecule has 2 aliphatic carbocycles. The lowest BCUT2D eigenvalue weighted by Gasteiger charge is -2.34. The maximum absolute atomic E-state index is 11.4. The van der Waals surface area contributed by atoms with Crippen molar-refractivity contribution >= 4 is 50.4 Å². The lowest BCUT2D eigenvalue weighted by molar-refractivity contribution is -0.0648. The van der Waals surface area contributed by atoms with Crippen LogP contribution in [0.5, 0.6) is 0 Å². The van der Waals surface area contributed by atoms with Crippen molar-refractivity contribution in [2.75, 3.05) is 0 Å². The quantitative estimate of drug-likeness (QED) is 0.257. The Labute approximate surface area is 223 Å². The molecule has 1 N–H and O–H groups in total. The third-order valence-corrected chi connectivity index (χ3v) is 9.00. The molecule has 0 spiro atoms. The van der Waals surface area contributed by atoms with Gasteiger partial charge in [-0.25, -0.2) is 14.5 Å². The van der Waals surface area contributed by atoms with Crippen LogP contribution < -0.4 is 0 Å². The first-order valence-electron chi connectivity index (χ1n) is 12.1. The van der Waals surface area contributed by atoms with Gasteiger partial charge in [-0.15, -0.1) is 11.3 Å². The second kappa shape index (κ2) is 9.44. The molecule has 0 saturated heterocycles. The molecule has 0 radical (unpaired) electrons. The zero-order chi connectivity index (χ0) is 24.9. The molecule has 0 unspecified atom stereocenters. The second-order valence-corrected chi connectivity index (χ2v) is 11.5. The van der Waals surface area contributed by atoms with Gasteiger partial charge in [-0.1, -0.05) is 35.3 Å². The van der Waals surface area contributed by atoms with Crippen molar-refractivity contribution in [1.82, 2.24) is 14.8 Å². The number of aliphatic hydroxyl groups is 1. The molecule has 2 saturated carbocycles. The van der Waals surface area contributed by atoms with Gasteiger partial charge in [-0.2, -0.15) is 5.10 Å². The lowest BCUT2D eigenvalue weighted by Crippen LogP contribution is -2.34. The summed E-state index contributed by atoms with van der Waals surface area (Å²) in [7, 11) is 0. The smallest absolute Gasteiger partial charge is 0.188 e. The van der Waals surface area contributed by atoms with E-state index in [1.165, 1.54) is 16.9 Å². The molecule has 4 aromatic rings. The summed E-state index contributed by atoms with van der Waals surface area (Å²) in [4.78, 5) is 8.18. The summed E-state index contributed by atoms with van der Waals surface area (Å²) in [5.74, 6) is 0.512. The van der Waals surface area contributed by atoms with Crippen molar-refractivity contribution in [2.45, 2.75) is 62.8 Å². The van der Waals surface area contributed by atoms with E-state index in [1.807, 2.05) is 41.2 Å². The third-order valence-electron chi connectivity index (χ3n) is 7.18. The number of thiazole rings is 1. The first kappa shape index (κ1) is 23.9. The van der Waals surface area contributed by atoms with Crippen LogP contribution in [-0.2, 0) is 16.9 Å². The molecular formula is C27H24Cl2N4O2S. The Hall–Kier alpha value is -2.47. The van der Waals surface area contributed by atoms with E-state index in [9.17, 15) is 5.11 Å². The van der Waals surface area contributed by atoms with Crippen LogP contribution in [0.4, 0.5) is 5.69 Å². The molecule has 0 aliphatic heterocycles. The minimum Gasteiger partial charge on any atom is -0.383 e. The van der Waals surface area contributed by atoms with E-state index < -0.39 is 5.60 Å². The molecule has 6 rings (SSSR count). The Morgan fingerprint density at radius 1 is 1.14 bits per heavy atom. The Morgan fingerprint density at radius 3 is 2.58 bits per heavy atom. The number of para-hydroxylation sites is 1. The number of hydrogen-bond acceptors (Lipinski definition) is 5. The normalized spacial score (nSPS) is 22.1. The number of ether oxygens (including phenoxy) is 1. The number of rotatable bonds is 6. The first-order valence-corrected chi connectivity index (χ1v) is 13.7. The fourth-order valence-electron chi connectivity index (χ4n) is 4.98. The zero-order valence-corrected chi connectivity index (χ0v) is 21.8. The molecule has 2 aliphatic rings. The SMILES string of the molecule is [C-]#[N+]c1ccc2nc(C3(O)CCC(OCc4c(C5CC5)cnn4-c4c(Cl)cccc4Cl)CC3)sc2c1. The van der Waals surface area contributed by atoms with Gasteiger partial charge in [0.2, 0.25) is 0 Å². The largest absolute Gasteiger partial charge is 0.383 e. The van der Waals surface area contributed by atoms with Crippen LogP contribution in [0.25, 0.3) is 20.7 Å². The van der Waals surface area contributed by atoms with Crippen molar-refractivity contribution in [2.24, 2.45) is 0 Å². The van der Waals surface area contributed by atoms with Crippen molar-refractivity contribution in [1.29, 1.82) is 0 Å². The maximum Gasteiger partial charge on any atom is 0.188 e. The average Bonchev–Trinajstić information content (AvgIpc) is 3.49. The number of benzene rings is 2. The summed E-state index contributed by atoms with van der Waals surface area (Å²) in [6.07, 6.45) is 6.90. The van der Waals surface area contributed by atoms with Crippen LogP contribution in [0.2, 0.25) is 10.0 Å². The molecule has 0 bridgehead atoms. The topological polar surface area (TPSA) is 64.5 Å². The fraction of sp³-hybridized carbons (Fsp3) is 0.370. The molecule has 2 aromatic carbocycles.